The van der Waals surface area contributed by atoms with Gasteiger partial charge in [0.1, 0.15) is 17.2 Å². The molecule has 130 valence electrons. The lowest BCUT2D eigenvalue weighted by Crippen LogP contribution is -2.26. The van der Waals surface area contributed by atoms with Crippen LogP contribution >= 0.6 is 0 Å². The molecule has 0 saturated carbocycles. The van der Waals surface area contributed by atoms with E-state index in [0.717, 1.165) is 37.2 Å². The minimum atomic E-state index is -0.874. The highest BCUT2D eigenvalue weighted by atomic mass is 19.1. The fourth-order valence-electron chi connectivity index (χ4n) is 3.15. The number of hydrogen-bond donors (Lipinski definition) is 1. The fraction of sp³-hybridized carbons (Fsp3) is 0.250. The molecule has 1 aliphatic rings. The second-order valence-corrected chi connectivity index (χ2v) is 6.37. The molecule has 2 aromatic carbocycles. The average Bonchev–Trinajstić information content (AvgIpc) is 2.56. The van der Waals surface area contributed by atoms with E-state index in [1.807, 2.05) is 12.1 Å². The minimum absolute atomic E-state index is 0.502. The lowest BCUT2D eigenvalue weighted by Gasteiger charge is -2.26. The summed E-state index contributed by atoms with van der Waals surface area (Å²) in [6.45, 7) is 4.08. The minimum Gasteiger partial charge on any atom is -0.322 e. The summed E-state index contributed by atoms with van der Waals surface area (Å²) in [5.41, 5.74) is 3.69. The van der Waals surface area contributed by atoms with Crippen LogP contribution in [0.15, 0.2) is 48.0 Å². The van der Waals surface area contributed by atoms with Gasteiger partial charge in [0.15, 0.2) is 0 Å². The molecular formula is C20H20F2N2O. The maximum Gasteiger partial charge on any atom is 0.261 e. The number of nitrogens with one attached hydrogen (secondary N) is 1. The van der Waals surface area contributed by atoms with Gasteiger partial charge in [-0.3, -0.25) is 4.79 Å². The second kappa shape index (κ2) is 7.15. The van der Waals surface area contributed by atoms with Crippen molar-refractivity contribution >= 4 is 17.2 Å². The zero-order valence-electron chi connectivity index (χ0n) is 14.3. The molecule has 0 radical (unpaired) electrons. The molecule has 3 rings (SSSR count). The van der Waals surface area contributed by atoms with Gasteiger partial charge >= 0.3 is 0 Å². The van der Waals surface area contributed by atoms with Crippen molar-refractivity contribution in [2.75, 3.05) is 25.5 Å². The first-order valence-electron chi connectivity index (χ1n) is 8.18. The number of rotatable bonds is 3. The second-order valence-electron chi connectivity index (χ2n) is 6.37. The molecule has 3 nitrogen and oxygen atoms in total. The van der Waals surface area contributed by atoms with Crippen molar-refractivity contribution in [2.24, 2.45) is 0 Å². The van der Waals surface area contributed by atoms with E-state index in [1.165, 1.54) is 17.2 Å². The van der Waals surface area contributed by atoms with Crippen LogP contribution in [0.25, 0.3) is 5.57 Å². The first kappa shape index (κ1) is 17.3. The van der Waals surface area contributed by atoms with E-state index in [-0.39, 0.29) is 0 Å². The molecule has 0 saturated heterocycles. The number of carbonyl (C=O) groups is 1. The van der Waals surface area contributed by atoms with E-state index in [1.54, 1.807) is 12.1 Å². The molecule has 0 atom stereocenters. The summed E-state index contributed by atoms with van der Waals surface area (Å²) in [5.74, 6) is -2.54. The van der Waals surface area contributed by atoms with Crippen LogP contribution in [0.1, 0.15) is 29.3 Å². The third-order valence-electron chi connectivity index (χ3n) is 4.45. The SMILES string of the molecule is CC1=C(c2ccc(NC(=O)c3c(F)cccc3F)cc2)CCN(C)C1. The van der Waals surface area contributed by atoms with E-state index in [9.17, 15) is 13.6 Å². The summed E-state index contributed by atoms with van der Waals surface area (Å²) in [6.07, 6.45) is 0.981. The topological polar surface area (TPSA) is 32.3 Å². The van der Waals surface area contributed by atoms with E-state index in [4.69, 9.17) is 0 Å². The van der Waals surface area contributed by atoms with Gasteiger partial charge in [0.2, 0.25) is 0 Å². The summed E-state index contributed by atoms with van der Waals surface area (Å²) >= 11 is 0. The van der Waals surface area contributed by atoms with Crippen LogP contribution in [0, 0.1) is 11.6 Å². The molecule has 1 amide bonds. The molecule has 1 heterocycles. The van der Waals surface area contributed by atoms with Gasteiger partial charge in [-0.25, -0.2) is 8.78 Å². The maximum absolute atomic E-state index is 13.7. The Labute approximate surface area is 146 Å². The van der Waals surface area contributed by atoms with E-state index in [0.29, 0.717) is 5.69 Å². The van der Waals surface area contributed by atoms with Crippen LogP contribution in [0.3, 0.4) is 0 Å². The standard InChI is InChI=1S/C20H20F2N2O/c1-13-12-24(2)11-10-16(13)14-6-8-15(9-7-14)23-20(25)19-17(21)4-3-5-18(19)22/h3-9H,10-12H2,1-2H3,(H,23,25). The number of hydrogen-bond acceptors (Lipinski definition) is 2. The first-order valence-corrected chi connectivity index (χ1v) is 8.18. The number of likely N-dealkylation sites (N-methyl/N-ethyl adjacent to an activating group) is 1. The molecule has 0 fully saturated rings. The highest BCUT2D eigenvalue weighted by Gasteiger charge is 2.18. The van der Waals surface area contributed by atoms with Gasteiger partial charge in [-0.1, -0.05) is 23.8 Å². The smallest absolute Gasteiger partial charge is 0.261 e. The molecule has 25 heavy (non-hydrogen) atoms. The van der Waals surface area contributed by atoms with Crippen LogP contribution < -0.4 is 5.32 Å². The van der Waals surface area contributed by atoms with Crippen LogP contribution in [-0.4, -0.2) is 30.9 Å². The van der Waals surface area contributed by atoms with Crippen LogP contribution in [0.5, 0.6) is 0 Å². The van der Waals surface area contributed by atoms with Gasteiger partial charge in [-0.15, -0.1) is 0 Å². The molecule has 0 unspecified atom stereocenters. The first-order chi connectivity index (χ1) is 12.0. The van der Waals surface area contributed by atoms with E-state index in [2.05, 4.69) is 24.2 Å². The summed E-state index contributed by atoms with van der Waals surface area (Å²) in [5, 5.41) is 2.55. The third-order valence-corrected chi connectivity index (χ3v) is 4.45. The monoisotopic (exact) mass is 342 g/mol. The zero-order valence-corrected chi connectivity index (χ0v) is 14.3. The van der Waals surface area contributed by atoms with Crippen molar-refractivity contribution in [3.63, 3.8) is 0 Å². The van der Waals surface area contributed by atoms with Crippen molar-refractivity contribution < 1.29 is 13.6 Å². The van der Waals surface area contributed by atoms with E-state index >= 15 is 0 Å². The molecule has 1 aliphatic heterocycles. The normalized spacial score (nSPS) is 15.4. The Morgan fingerprint density at radius 3 is 2.32 bits per heavy atom. The highest BCUT2D eigenvalue weighted by molar-refractivity contribution is 6.04. The zero-order chi connectivity index (χ0) is 18.0. The predicted octanol–water partition coefficient (Wildman–Crippen LogP) is 4.33. The Balaban J connectivity index is 1.77. The lowest BCUT2D eigenvalue weighted by atomic mass is 9.94. The molecule has 1 N–H and O–H groups in total. The third kappa shape index (κ3) is 3.77. The van der Waals surface area contributed by atoms with Gasteiger partial charge in [0.25, 0.3) is 5.91 Å². The summed E-state index contributed by atoms with van der Waals surface area (Å²) in [4.78, 5) is 14.4. The van der Waals surface area contributed by atoms with Crippen LogP contribution in [0.4, 0.5) is 14.5 Å². The number of benzene rings is 2. The quantitative estimate of drug-likeness (QED) is 0.901. The Morgan fingerprint density at radius 2 is 1.72 bits per heavy atom. The lowest BCUT2D eigenvalue weighted by molar-refractivity contribution is 0.101. The maximum atomic E-state index is 13.7. The Hall–Kier alpha value is -2.53. The molecule has 0 aliphatic carbocycles. The highest BCUT2D eigenvalue weighted by Crippen LogP contribution is 2.27. The molecular weight excluding hydrogens is 322 g/mol. The Bertz CT molecular complexity index is 808. The van der Waals surface area contributed by atoms with Crippen molar-refractivity contribution in [1.82, 2.24) is 4.90 Å². The summed E-state index contributed by atoms with van der Waals surface area (Å²) in [7, 11) is 2.10. The van der Waals surface area contributed by atoms with Gasteiger partial charge in [0, 0.05) is 18.8 Å². The molecule has 5 heteroatoms. The predicted molar refractivity (Wildman–Crippen MR) is 95.5 cm³/mol. The number of halogens is 2. The van der Waals surface area contributed by atoms with Gasteiger partial charge < -0.3 is 10.2 Å². The van der Waals surface area contributed by atoms with Crippen LogP contribution in [0.2, 0.25) is 0 Å². The molecule has 0 aromatic heterocycles. The fourth-order valence-corrected chi connectivity index (χ4v) is 3.15. The molecule has 0 spiro atoms. The number of amides is 1. The number of carbonyl (C=O) groups excluding carboxylic acids is 1. The molecule has 0 bridgehead atoms. The number of anilines is 1. The van der Waals surface area contributed by atoms with Gasteiger partial charge in [0.05, 0.1) is 0 Å². The van der Waals surface area contributed by atoms with Crippen molar-refractivity contribution in [3.8, 4) is 0 Å². The van der Waals surface area contributed by atoms with Gasteiger partial charge in [-0.2, -0.15) is 0 Å². The Kier molecular flexibility index (Phi) is 4.95. The van der Waals surface area contributed by atoms with Gasteiger partial charge in [-0.05, 0) is 55.8 Å². The van der Waals surface area contributed by atoms with Crippen molar-refractivity contribution in [2.45, 2.75) is 13.3 Å². The largest absolute Gasteiger partial charge is 0.322 e. The Morgan fingerprint density at radius 1 is 1.08 bits per heavy atom. The summed E-state index contributed by atoms with van der Waals surface area (Å²) < 4.78 is 27.3. The summed E-state index contributed by atoms with van der Waals surface area (Å²) in [6, 6.07) is 10.7. The average molecular weight is 342 g/mol. The van der Waals surface area contributed by atoms with E-state index < -0.39 is 23.1 Å². The van der Waals surface area contributed by atoms with Crippen LogP contribution in [-0.2, 0) is 0 Å². The molecule has 2 aromatic rings. The number of nitrogens with zero attached hydrogens (tertiary/aromatic N) is 1. The van der Waals surface area contributed by atoms with Crippen molar-refractivity contribution in [3.05, 3.63) is 70.8 Å². The van der Waals surface area contributed by atoms with Crippen molar-refractivity contribution in [1.29, 1.82) is 0 Å².